The summed E-state index contributed by atoms with van der Waals surface area (Å²) >= 11 is 0. The first-order chi connectivity index (χ1) is 17.9. The molecule has 0 bridgehead atoms. The maximum absolute atomic E-state index is 9.96. The van der Waals surface area contributed by atoms with E-state index in [1.165, 1.54) is 17.2 Å². The topological polar surface area (TPSA) is 171 Å². The molecule has 1 unspecified atom stereocenters. The van der Waals surface area contributed by atoms with Crippen molar-refractivity contribution in [3.63, 3.8) is 0 Å². The van der Waals surface area contributed by atoms with Crippen LogP contribution in [0.3, 0.4) is 0 Å². The standard InChI is InChI=1S/C25H22N6O6/c1-14-19-23(26)30(13-27-24(19)31(29-14)16-5-3-2-4-6-16)28-11-15-7-9-17(10-8-15)36-25-22(35)21(34)20(33)18(12-32)37-25/h2-11,13,18,26,32-35H,12H2,1H3/b26-23?,28-11-. The van der Waals surface area contributed by atoms with Gasteiger partial charge in [0.25, 0.3) is 0 Å². The van der Waals surface area contributed by atoms with Gasteiger partial charge in [0.15, 0.2) is 23.0 Å². The first kappa shape index (κ1) is 23.6. The second-order valence-corrected chi connectivity index (χ2v) is 8.04. The van der Waals surface area contributed by atoms with Gasteiger partial charge in [0.2, 0.25) is 11.5 Å². The van der Waals surface area contributed by atoms with Crippen molar-refractivity contribution in [1.82, 2.24) is 19.4 Å². The van der Waals surface area contributed by atoms with Crippen LogP contribution in [-0.2, 0) is 4.74 Å². The van der Waals surface area contributed by atoms with Gasteiger partial charge in [-0.15, -0.1) is 0 Å². The van der Waals surface area contributed by atoms with E-state index in [-0.39, 0.29) is 11.2 Å². The maximum Gasteiger partial charge on any atom is 0.333 e. The van der Waals surface area contributed by atoms with Crippen molar-refractivity contribution in [2.75, 3.05) is 6.61 Å². The lowest BCUT2D eigenvalue weighted by Crippen LogP contribution is -2.28. The van der Waals surface area contributed by atoms with Gasteiger partial charge in [0.05, 0.1) is 29.6 Å². The molecule has 37 heavy (non-hydrogen) atoms. The van der Waals surface area contributed by atoms with Crippen LogP contribution in [0.25, 0.3) is 16.7 Å². The molecule has 1 aliphatic rings. The van der Waals surface area contributed by atoms with Crippen LogP contribution >= 0.6 is 0 Å². The highest BCUT2D eigenvalue weighted by Crippen LogP contribution is 2.27. The lowest BCUT2D eigenvalue weighted by Gasteiger charge is -2.23. The van der Waals surface area contributed by atoms with E-state index in [1.54, 1.807) is 28.9 Å². The monoisotopic (exact) mass is 502 g/mol. The minimum absolute atomic E-state index is 0.132. The molecule has 4 aromatic rings. The summed E-state index contributed by atoms with van der Waals surface area (Å²) in [6.45, 7) is 1.19. The van der Waals surface area contributed by atoms with Crippen LogP contribution in [0.1, 0.15) is 11.3 Å². The number of nitrogens with one attached hydrogen (secondary N) is 1. The van der Waals surface area contributed by atoms with E-state index in [2.05, 4.69) is 15.2 Å². The number of aryl methyl sites for hydroxylation is 1. The third kappa shape index (κ3) is 4.36. The van der Waals surface area contributed by atoms with Gasteiger partial charge in [-0.1, -0.05) is 18.2 Å². The number of rotatable bonds is 6. The summed E-state index contributed by atoms with van der Waals surface area (Å²) in [5.41, 5.74) is 2.86. The van der Waals surface area contributed by atoms with E-state index >= 15 is 0 Å². The van der Waals surface area contributed by atoms with E-state index in [4.69, 9.17) is 14.9 Å². The Hall–Kier alpha value is -5.10. The molecule has 12 heteroatoms. The van der Waals surface area contributed by atoms with E-state index in [0.717, 1.165) is 5.69 Å². The molecule has 3 heterocycles. The van der Waals surface area contributed by atoms with Crippen LogP contribution in [-0.4, -0.2) is 58.8 Å². The van der Waals surface area contributed by atoms with Gasteiger partial charge in [-0.25, -0.2) is 14.3 Å². The van der Waals surface area contributed by atoms with Gasteiger partial charge in [0, 0.05) is 0 Å². The molecule has 2 aromatic carbocycles. The smallest absolute Gasteiger partial charge is 0.333 e. The Labute approximate surface area is 209 Å². The number of ether oxygens (including phenoxy) is 2. The third-order valence-electron chi connectivity index (χ3n) is 5.59. The fourth-order valence-electron chi connectivity index (χ4n) is 3.70. The van der Waals surface area contributed by atoms with Gasteiger partial charge in [-0.3, -0.25) is 5.41 Å². The van der Waals surface area contributed by atoms with Crippen LogP contribution in [0, 0.1) is 12.3 Å². The molecule has 188 valence electrons. The highest BCUT2D eigenvalue weighted by molar-refractivity contribution is 5.80. The molecule has 1 atom stereocenters. The number of aliphatic hydroxyl groups is 4. The molecule has 0 saturated heterocycles. The largest absolute Gasteiger partial charge is 0.505 e. The Balaban J connectivity index is 1.37. The average molecular weight is 502 g/mol. The second kappa shape index (κ2) is 9.51. The fraction of sp³-hybridized carbons (Fsp3) is 0.120. The molecule has 0 aliphatic carbocycles. The number of hydrogen-bond donors (Lipinski definition) is 5. The van der Waals surface area contributed by atoms with Crippen LogP contribution < -0.4 is 10.2 Å². The van der Waals surface area contributed by atoms with Crippen molar-refractivity contribution in [2.45, 2.75) is 13.0 Å². The zero-order chi connectivity index (χ0) is 26.1. The number of benzene rings is 2. The molecule has 5 N–H and O–H groups in total. The summed E-state index contributed by atoms with van der Waals surface area (Å²) in [6, 6.07) is 16.0. The summed E-state index contributed by atoms with van der Waals surface area (Å²) in [4.78, 5) is 4.47. The minimum atomic E-state index is -1.26. The van der Waals surface area contributed by atoms with E-state index < -0.39 is 35.9 Å². The van der Waals surface area contributed by atoms with Crippen molar-refractivity contribution in [3.05, 3.63) is 101 Å². The number of aliphatic hydroxyl groups excluding tert-OH is 4. The van der Waals surface area contributed by atoms with Crippen LogP contribution in [0.4, 0.5) is 0 Å². The van der Waals surface area contributed by atoms with E-state index in [1.807, 2.05) is 37.3 Å². The number of hydrogen-bond acceptors (Lipinski definition) is 10. The molecule has 12 nitrogen and oxygen atoms in total. The maximum atomic E-state index is 9.96. The van der Waals surface area contributed by atoms with Gasteiger partial charge in [0.1, 0.15) is 12.1 Å². The van der Waals surface area contributed by atoms with Crippen molar-refractivity contribution in [3.8, 4) is 11.4 Å². The molecule has 0 fully saturated rings. The average Bonchev–Trinajstić information content (AvgIpc) is 3.26. The van der Waals surface area contributed by atoms with Crippen LogP contribution in [0.2, 0.25) is 0 Å². The van der Waals surface area contributed by atoms with Gasteiger partial charge in [-0.2, -0.15) is 10.2 Å². The number of nitrogens with zero attached hydrogens (tertiary/aromatic N) is 5. The predicted octanol–water partition coefficient (Wildman–Crippen LogP) is 2.72. The summed E-state index contributed by atoms with van der Waals surface area (Å²) in [5.74, 6) is -2.52. The zero-order valence-corrected chi connectivity index (χ0v) is 19.5. The highest BCUT2D eigenvalue weighted by Gasteiger charge is 2.32. The normalized spacial score (nSPS) is 16.0. The number of aromatic nitrogens is 4. The first-order valence-electron chi connectivity index (χ1n) is 11.1. The second-order valence-electron chi connectivity index (χ2n) is 8.04. The zero-order valence-electron chi connectivity index (χ0n) is 19.5. The van der Waals surface area contributed by atoms with Gasteiger partial charge < -0.3 is 29.9 Å². The van der Waals surface area contributed by atoms with Crippen molar-refractivity contribution >= 4 is 17.2 Å². The Morgan fingerprint density at radius 3 is 2.51 bits per heavy atom. The SMILES string of the molecule is Cc1nn(-c2ccccc2)c2ncn(/N=C\c3ccc(OC4=C(O)C(O)=C(O)C(CO)O4)cc3)c(=N)c12. The Morgan fingerprint density at radius 1 is 1.08 bits per heavy atom. The summed E-state index contributed by atoms with van der Waals surface area (Å²) in [5, 5.41) is 56.8. The predicted molar refractivity (Wildman–Crippen MR) is 131 cm³/mol. The first-order valence-corrected chi connectivity index (χ1v) is 11.1. The molecular formula is C25H22N6O6. The number of fused-ring (bicyclic) bond motifs is 1. The Bertz CT molecular complexity index is 1620. The molecule has 5 rings (SSSR count). The van der Waals surface area contributed by atoms with E-state index in [0.29, 0.717) is 22.3 Å². The highest BCUT2D eigenvalue weighted by atomic mass is 16.7. The lowest BCUT2D eigenvalue weighted by molar-refractivity contribution is -0.0175. The van der Waals surface area contributed by atoms with Gasteiger partial charge >= 0.3 is 5.95 Å². The molecule has 2 aromatic heterocycles. The number of para-hydroxylation sites is 1. The molecule has 0 radical (unpaired) electrons. The molecule has 0 amide bonds. The van der Waals surface area contributed by atoms with Crippen LogP contribution in [0.5, 0.6) is 5.75 Å². The van der Waals surface area contributed by atoms with Crippen LogP contribution in [0.15, 0.2) is 89.2 Å². The molecule has 0 spiro atoms. The van der Waals surface area contributed by atoms with E-state index in [9.17, 15) is 20.4 Å². The summed E-state index contributed by atoms with van der Waals surface area (Å²) in [7, 11) is 0. The van der Waals surface area contributed by atoms with Gasteiger partial charge in [-0.05, 0) is 48.9 Å². The molecule has 0 saturated carbocycles. The summed E-state index contributed by atoms with van der Waals surface area (Å²) in [6.07, 6.45) is 1.72. The Morgan fingerprint density at radius 2 is 1.81 bits per heavy atom. The lowest BCUT2D eigenvalue weighted by atomic mass is 10.2. The quantitative estimate of drug-likeness (QED) is 0.250. The molecular weight excluding hydrogens is 480 g/mol. The Kier molecular flexibility index (Phi) is 6.07. The molecule has 1 aliphatic heterocycles. The minimum Gasteiger partial charge on any atom is -0.505 e. The fourth-order valence-corrected chi connectivity index (χ4v) is 3.70. The van der Waals surface area contributed by atoms with Crippen molar-refractivity contribution in [2.24, 2.45) is 5.10 Å². The van der Waals surface area contributed by atoms with Crippen molar-refractivity contribution in [1.29, 1.82) is 5.41 Å². The van der Waals surface area contributed by atoms with Crippen molar-refractivity contribution < 1.29 is 29.9 Å². The summed E-state index contributed by atoms with van der Waals surface area (Å²) < 4.78 is 13.7. The third-order valence-corrected chi connectivity index (χ3v) is 5.59.